The minimum atomic E-state index is -0.239. The fourth-order valence-corrected chi connectivity index (χ4v) is 2.24. The first-order chi connectivity index (χ1) is 9.74. The van der Waals surface area contributed by atoms with E-state index < -0.39 is 0 Å². The van der Waals surface area contributed by atoms with Crippen molar-refractivity contribution in [3.05, 3.63) is 35.4 Å². The van der Waals surface area contributed by atoms with Crippen molar-refractivity contribution in [3.63, 3.8) is 0 Å². The van der Waals surface area contributed by atoms with Crippen LogP contribution >= 0.6 is 0 Å². The summed E-state index contributed by atoms with van der Waals surface area (Å²) in [5.74, 6) is 0.264. The third-order valence-electron chi connectivity index (χ3n) is 3.57. The highest BCUT2D eigenvalue weighted by Crippen LogP contribution is 2.22. The van der Waals surface area contributed by atoms with Gasteiger partial charge in [0.25, 0.3) is 0 Å². The number of methoxy groups -OCH3 is 1. The highest BCUT2D eigenvalue weighted by atomic mass is 16.5. The van der Waals surface area contributed by atoms with Gasteiger partial charge in [0.15, 0.2) is 0 Å². The van der Waals surface area contributed by atoms with Crippen molar-refractivity contribution >= 4 is 5.97 Å². The first kappa shape index (κ1) is 17.7. The molecule has 0 aliphatic heterocycles. The van der Waals surface area contributed by atoms with E-state index in [4.69, 9.17) is 4.74 Å². The van der Waals surface area contributed by atoms with E-state index in [0.717, 1.165) is 6.42 Å². The Kier molecular flexibility index (Phi) is 6.41. The van der Waals surface area contributed by atoms with E-state index in [1.54, 1.807) is 0 Å². The molecule has 0 heterocycles. The number of ether oxygens (including phenoxy) is 1. The van der Waals surface area contributed by atoms with Crippen molar-refractivity contribution in [2.24, 2.45) is 5.92 Å². The van der Waals surface area contributed by atoms with E-state index in [2.05, 4.69) is 64.2 Å². The largest absolute Gasteiger partial charge is 0.468 e. The van der Waals surface area contributed by atoms with Gasteiger partial charge in [0.1, 0.15) is 6.04 Å². The molecule has 0 spiro atoms. The summed E-state index contributed by atoms with van der Waals surface area (Å²) in [6.45, 7) is 11.5. The van der Waals surface area contributed by atoms with E-state index in [1.807, 2.05) is 0 Å². The lowest BCUT2D eigenvalue weighted by atomic mass is 9.87. The van der Waals surface area contributed by atoms with Crippen LogP contribution in [0.15, 0.2) is 24.3 Å². The van der Waals surface area contributed by atoms with Gasteiger partial charge in [0.2, 0.25) is 0 Å². The lowest BCUT2D eigenvalue weighted by Crippen LogP contribution is -2.38. The summed E-state index contributed by atoms with van der Waals surface area (Å²) in [6.07, 6.45) is 0.784. The number of esters is 1. The summed E-state index contributed by atoms with van der Waals surface area (Å²) in [5, 5.41) is 3.30. The van der Waals surface area contributed by atoms with Crippen molar-refractivity contribution < 1.29 is 9.53 Å². The van der Waals surface area contributed by atoms with E-state index in [9.17, 15) is 4.79 Å². The molecule has 0 radical (unpaired) electrons. The Morgan fingerprint density at radius 1 is 1.19 bits per heavy atom. The lowest BCUT2D eigenvalue weighted by Gasteiger charge is -2.20. The maximum atomic E-state index is 11.8. The van der Waals surface area contributed by atoms with Crippen LogP contribution in [-0.4, -0.2) is 19.1 Å². The molecule has 0 saturated heterocycles. The molecule has 0 aliphatic rings. The van der Waals surface area contributed by atoms with Gasteiger partial charge in [0.05, 0.1) is 7.11 Å². The molecule has 1 N–H and O–H groups in total. The first-order valence-corrected chi connectivity index (χ1v) is 7.64. The van der Waals surface area contributed by atoms with Crippen LogP contribution in [0.4, 0.5) is 0 Å². The Morgan fingerprint density at radius 2 is 1.76 bits per heavy atom. The molecule has 3 heteroatoms. The third kappa shape index (κ3) is 5.88. The monoisotopic (exact) mass is 291 g/mol. The van der Waals surface area contributed by atoms with Crippen LogP contribution in [0.1, 0.15) is 52.2 Å². The second kappa shape index (κ2) is 7.60. The van der Waals surface area contributed by atoms with Crippen LogP contribution in [-0.2, 0) is 21.5 Å². The molecule has 1 aromatic rings. The van der Waals surface area contributed by atoms with Crippen molar-refractivity contribution in [2.75, 3.05) is 7.11 Å². The SMILES string of the molecule is COC(=O)C(CC(C)C)NCc1ccc(C(C)(C)C)cc1. The molecule has 21 heavy (non-hydrogen) atoms. The summed E-state index contributed by atoms with van der Waals surface area (Å²) >= 11 is 0. The Hall–Kier alpha value is -1.35. The van der Waals surface area contributed by atoms with Crippen molar-refractivity contribution in [2.45, 2.75) is 59.0 Å². The zero-order valence-electron chi connectivity index (χ0n) is 14.2. The molecule has 0 fully saturated rings. The molecule has 0 aliphatic carbocycles. The average Bonchev–Trinajstić information content (AvgIpc) is 2.41. The first-order valence-electron chi connectivity index (χ1n) is 7.64. The molecule has 1 unspecified atom stereocenters. The van der Waals surface area contributed by atoms with Gasteiger partial charge in [-0.3, -0.25) is 4.79 Å². The van der Waals surface area contributed by atoms with E-state index in [0.29, 0.717) is 12.5 Å². The van der Waals surface area contributed by atoms with Gasteiger partial charge in [-0.1, -0.05) is 58.9 Å². The molecule has 3 nitrogen and oxygen atoms in total. The van der Waals surface area contributed by atoms with Gasteiger partial charge in [-0.15, -0.1) is 0 Å². The van der Waals surface area contributed by atoms with Gasteiger partial charge in [0, 0.05) is 6.54 Å². The zero-order chi connectivity index (χ0) is 16.0. The fourth-order valence-electron chi connectivity index (χ4n) is 2.24. The summed E-state index contributed by atoms with van der Waals surface area (Å²) in [6, 6.07) is 8.32. The molecule has 1 atom stereocenters. The molecule has 0 amide bonds. The molecule has 0 aromatic heterocycles. The molecular formula is C18H29NO2. The Bertz CT molecular complexity index is 443. The fraction of sp³-hybridized carbons (Fsp3) is 0.611. The Labute approximate surface area is 129 Å². The molecular weight excluding hydrogens is 262 g/mol. The second-order valence-electron chi connectivity index (χ2n) is 7.03. The Balaban J connectivity index is 2.65. The normalized spacial score (nSPS) is 13.3. The highest BCUT2D eigenvalue weighted by molar-refractivity contribution is 5.75. The summed E-state index contributed by atoms with van der Waals surface area (Å²) in [4.78, 5) is 11.8. The highest BCUT2D eigenvalue weighted by Gasteiger charge is 2.20. The predicted octanol–water partition coefficient (Wildman–Crippen LogP) is 3.66. The second-order valence-corrected chi connectivity index (χ2v) is 7.03. The van der Waals surface area contributed by atoms with Gasteiger partial charge in [-0.2, -0.15) is 0 Å². The van der Waals surface area contributed by atoms with E-state index >= 15 is 0 Å². The van der Waals surface area contributed by atoms with Crippen LogP contribution < -0.4 is 5.32 Å². The average molecular weight is 291 g/mol. The zero-order valence-corrected chi connectivity index (χ0v) is 14.2. The molecule has 0 saturated carbocycles. The Morgan fingerprint density at radius 3 is 2.19 bits per heavy atom. The number of benzene rings is 1. The van der Waals surface area contributed by atoms with Crippen LogP contribution in [0.5, 0.6) is 0 Å². The summed E-state index contributed by atoms with van der Waals surface area (Å²) in [5.41, 5.74) is 2.66. The number of nitrogens with one attached hydrogen (secondary N) is 1. The van der Waals surface area contributed by atoms with Crippen molar-refractivity contribution in [3.8, 4) is 0 Å². The summed E-state index contributed by atoms with van der Waals surface area (Å²) < 4.78 is 4.86. The van der Waals surface area contributed by atoms with Crippen LogP contribution in [0.25, 0.3) is 0 Å². The van der Waals surface area contributed by atoms with Crippen molar-refractivity contribution in [1.29, 1.82) is 0 Å². The van der Waals surface area contributed by atoms with E-state index in [-0.39, 0.29) is 17.4 Å². The minimum absolute atomic E-state index is 0.165. The number of hydrogen-bond donors (Lipinski definition) is 1. The van der Waals surface area contributed by atoms with Crippen LogP contribution in [0, 0.1) is 5.92 Å². The van der Waals surface area contributed by atoms with Crippen LogP contribution in [0.2, 0.25) is 0 Å². The molecule has 1 rings (SSSR count). The predicted molar refractivity (Wildman–Crippen MR) is 87.2 cm³/mol. The van der Waals surface area contributed by atoms with Crippen LogP contribution in [0.3, 0.4) is 0 Å². The van der Waals surface area contributed by atoms with E-state index in [1.165, 1.54) is 18.2 Å². The summed E-state index contributed by atoms with van der Waals surface area (Å²) in [7, 11) is 1.44. The minimum Gasteiger partial charge on any atom is -0.468 e. The van der Waals surface area contributed by atoms with Gasteiger partial charge >= 0.3 is 5.97 Å². The van der Waals surface area contributed by atoms with Crippen molar-refractivity contribution in [1.82, 2.24) is 5.32 Å². The third-order valence-corrected chi connectivity index (χ3v) is 3.57. The standard InChI is InChI=1S/C18H29NO2/c1-13(2)11-16(17(20)21-6)19-12-14-7-9-15(10-8-14)18(3,4)5/h7-10,13,16,19H,11-12H2,1-6H3. The number of hydrogen-bond acceptors (Lipinski definition) is 3. The lowest BCUT2D eigenvalue weighted by molar-refractivity contribution is -0.143. The number of rotatable bonds is 6. The quantitative estimate of drug-likeness (QED) is 0.813. The van der Waals surface area contributed by atoms with Gasteiger partial charge in [-0.05, 0) is 28.9 Å². The molecule has 1 aromatic carbocycles. The van der Waals surface area contributed by atoms with Gasteiger partial charge < -0.3 is 10.1 Å². The maximum absolute atomic E-state index is 11.8. The maximum Gasteiger partial charge on any atom is 0.322 e. The number of carbonyl (C=O) groups excluding carboxylic acids is 1. The molecule has 118 valence electrons. The topological polar surface area (TPSA) is 38.3 Å². The molecule has 0 bridgehead atoms. The smallest absolute Gasteiger partial charge is 0.322 e. The number of carbonyl (C=O) groups is 1. The van der Waals surface area contributed by atoms with Gasteiger partial charge in [-0.25, -0.2) is 0 Å².